The van der Waals surface area contributed by atoms with Crippen LogP contribution in [-0.2, 0) is 4.79 Å². The van der Waals surface area contributed by atoms with Gasteiger partial charge in [0.1, 0.15) is 17.5 Å². The van der Waals surface area contributed by atoms with E-state index in [0.29, 0.717) is 11.4 Å². The van der Waals surface area contributed by atoms with Crippen LogP contribution in [0.1, 0.15) is 18.5 Å². The molecular weight excluding hydrogens is 387 g/mol. The van der Waals surface area contributed by atoms with Gasteiger partial charge in [-0.25, -0.2) is 13.2 Å². The van der Waals surface area contributed by atoms with Gasteiger partial charge in [-0.15, -0.1) is 0 Å². The van der Waals surface area contributed by atoms with Gasteiger partial charge in [0.05, 0.1) is 11.6 Å². The topological polar surface area (TPSA) is 35.6 Å². The maximum absolute atomic E-state index is 14.5. The van der Waals surface area contributed by atoms with Crippen LogP contribution in [0.15, 0.2) is 53.7 Å². The number of likely N-dealkylation sites (N-methyl/N-ethyl adjacent to an activating group) is 1. The molecule has 0 saturated heterocycles. The van der Waals surface area contributed by atoms with Gasteiger partial charge in [-0.1, -0.05) is 6.07 Å². The van der Waals surface area contributed by atoms with Gasteiger partial charge in [0, 0.05) is 37.1 Å². The van der Waals surface area contributed by atoms with Crippen LogP contribution < -0.4 is 10.2 Å². The third-order valence-electron chi connectivity index (χ3n) is 4.48. The first-order valence-corrected chi connectivity index (χ1v) is 8.85. The van der Waals surface area contributed by atoms with Gasteiger partial charge in [-0.3, -0.25) is 9.69 Å². The Morgan fingerprint density at radius 3 is 2.25 bits per heavy atom. The molecule has 0 spiro atoms. The van der Waals surface area contributed by atoms with Gasteiger partial charge in [0.25, 0.3) is 5.91 Å². The number of rotatable bonds is 3. The van der Waals surface area contributed by atoms with Crippen molar-refractivity contribution < 1.29 is 18.0 Å². The van der Waals surface area contributed by atoms with Crippen molar-refractivity contribution in [2.75, 3.05) is 19.0 Å². The second kappa shape index (κ2) is 7.63. The molecule has 8 heteroatoms. The Labute approximate surface area is 166 Å². The Morgan fingerprint density at radius 2 is 1.68 bits per heavy atom. The van der Waals surface area contributed by atoms with Gasteiger partial charge >= 0.3 is 0 Å². The van der Waals surface area contributed by atoms with Crippen LogP contribution in [0.3, 0.4) is 0 Å². The Morgan fingerprint density at radius 1 is 1.07 bits per heavy atom. The molecule has 28 heavy (non-hydrogen) atoms. The summed E-state index contributed by atoms with van der Waals surface area (Å²) in [5, 5.41) is 3.18. The standard InChI is InChI=1S/C20H18F3N3OS/c1-11-17(19(27)25(2)3)18(15-9-6-13(22)10-16(15)23)24-20(28)26(11)14-7-4-12(21)5-8-14/h4-10,18H,1-3H3,(H,24,28)/t18-/m0/s1. The number of benzene rings is 2. The van der Waals surface area contributed by atoms with Crippen LogP contribution in [-0.4, -0.2) is 30.0 Å². The van der Waals surface area contributed by atoms with E-state index in [9.17, 15) is 18.0 Å². The molecular formula is C20H18F3N3OS. The molecule has 1 atom stereocenters. The first kappa shape index (κ1) is 19.9. The molecule has 0 aromatic heterocycles. The third-order valence-corrected chi connectivity index (χ3v) is 4.78. The van der Waals surface area contributed by atoms with E-state index in [0.717, 1.165) is 12.1 Å². The van der Waals surface area contributed by atoms with E-state index in [1.807, 2.05) is 0 Å². The van der Waals surface area contributed by atoms with Crippen LogP contribution in [0, 0.1) is 17.5 Å². The molecule has 4 nitrogen and oxygen atoms in total. The number of anilines is 1. The lowest BCUT2D eigenvalue weighted by molar-refractivity contribution is -0.125. The van der Waals surface area contributed by atoms with Crippen molar-refractivity contribution in [1.29, 1.82) is 0 Å². The minimum absolute atomic E-state index is 0.104. The summed E-state index contributed by atoms with van der Waals surface area (Å²) in [6.45, 7) is 1.68. The number of nitrogens with zero attached hydrogens (tertiary/aromatic N) is 2. The highest BCUT2D eigenvalue weighted by Crippen LogP contribution is 2.35. The highest BCUT2D eigenvalue weighted by Gasteiger charge is 2.36. The SMILES string of the molecule is CC1=C(C(=O)N(C)C)[C@H](c2ccc(F)cc2F)NC(=S)N1c1ccc(F)cc1. The van der Waals surface area contributed by atoms with E-state index in [2.05, 4.69) is 5.32 Å². The molecule has 0 bridgehead atoms. The number of halogens is 3. The third kappa shape index (κ3) is 3.60. The molecule has 2 aromatic rings. The molecule has 2 aromatic carbocycles. The van der Waals surface area contributed by atoms with Crippen LogP contribution in [0.25, 0.3) is 0 Å². The van der Waals surface area contributed by atoms with E-state index in [1.165, 1.54) is 35.2 Å². The van der Waals surface area contributed by atoms with Crippen LogP contribution in [0.5, 0.6) is 0 Å². The summed E-state index contributed by atoms with van der Waals surface area (Å²) < 4.78 is 41.1. The lowest BCUT2D eigenvalue weighted by Crippen LogP contribution is -2.49. The van der Waals surface area contributed by atoms with Crippen molar-refractivity contribution in [1.82, 2.24) is 10.2 Å². The van der Waals surface area contributed by atoms with Crippen molar-refractivity contribution in [2.45, 2.75) is 13.0 Å². The summed E-state index contributed by atoms with van der Waals surface area (Å²) in [6, 6.07) is 7.91. The van der Waals surface area contributed by atoms with Crippen LogP contribution >= 0.6 is 12.2 Å². The van der Waals surface area contributed by atoms with Crippen molar-refractivity contribution in [2.24, 2.45) is 0 Å². The summed E-state index contributed by atoms with van der Waals surface area (Å²) in [7, 11) is 3.16. The normalized spacial score (nSPS) is 16.9. The monoisotopic (exact) mass is 405 g/mol. The summed E-state index contributed by atoms with van der Waals surface area (Å²) in [5.41, 5.74) is 1.39. The van der Waals surface area contributed by atoms with E-state index >= 15 is 0 Å². The minimum Gasteiger partial charge on any atom is -0.351 e. The summed E-state index contributed by atoms with van der Waals surface area (Å²) in [4.78, 5) is 15.9. The molecule has 1 aliphatic heterocycles. The first-order chi connectivity index (χ1) is 13.2. The van der Waals surface area contributed by atoms with Gasteiger partial charge in [-0.05, 0) is 49.5 Å². The zero-order valence-electron chi connectivity index (χ0n) is 15.5. The van der Waals surface area contributed by atoms with Gasteiger partial charge in [-0.2, -0.15) is 0 Å². The lowest BCUT2D eigenvalue weighted by atomic mass is 9.93. The number of carbonyl (C=O) groups excluding carboxylic acids is 1. The molecule has 1 N–H and O–H groups in total. The molecule has 0 saturated carbocycles. The van der Waals surface area contributed by atoms with Crippen molar-refractivity contribution in [3.63, 3.8) is 0 Å². The molecule has 0 radical (unpaired) electrons. The van der Waals surface area contributed by atoms with Crippen molar-refractivity contribution in [3.05, 3.63) is 76.7 Å². The minimum atomic E-state index is -0.889. The molecule has 0 unspecified atom stereocenters. The lowest BCUT2D eigenvalue weighted by Gasteiger charge is -2.38. The van der Waals surface area contributed by atoms with Crippen molar-refractivity contribution >= 4 is 28.9 Å². The second-order valence-corrected chi connectivity index (χ2v) is 6.95. The second-order valence-electron chi connectivity index (χ2n) is 6.56. The molecule has 3 rings (SSSR count). The average molecular weight is 405 g/mol. The molecule has 0 aliphatic carbocycles. The number of amides is 1. The Kier molecular flexibility index (Phi) is 5.42. The van der Waals surface area contributed by atoms with E-state index in [-0.39, 0.29) is 22.2 Å². The van der Waals surface area contributed by atoms with E-state index < -0.39 is 23.5 Å². The smallest absolute Gasteiger partial charge is 0.253 e. The van der Waals surface area contributed by atoms with Gasteiger partial charge in [0.15, 0.2) is 5.11 Å². The molecule has 1 aliphatic rings. The fraction of sp³-hybridized carbons (Fsp3) is 0.200. The van der Waals surface area contributed by atoms with E-state index in [4.69, 9.17) is 12.2 Å². The zero-order chi connectivity index (χ0) is 20.6. The highest BCUT2D eigenvalue weighted by molar-refractivity contribution is 7.80. The van der Waals surface area contributed by atoms with Gasteiger partial charge < -0.3 is 10.2 Å². The summed E-state index contributed by atoms with van der Waals surface area (Å²) >= 11 is 5.44. The fourth-order valence-corrected chi connectivity index (χ4v) is 3.49. The Balaban J connectivity index is 2.18. The Hall–Kier alpha value is -2.87. The van der Waals surface area contributed by atoms with Crippen molar-refractivity contribution in [3.8, 4) is 0 Å². The molecule has 146 valence electrons. The highest BCUT2D eigenvalue weighted by atomic mass is 32.1. The van der Waals surface area contributed by atoms with Crippen LogP contribution in [0.2, 0.25) is 0 Å². The number of thiocarbonyl (C=S) groups is 1. The zero-order valence-corrected chi connectivity index (χ0v) is 16.3. The summed E-state index contributed by atoms with van der Waals surface area (Å²) in [5.74, 6) is -2.26. The number of hydrogen-bond acceptors (Lipinski definition) is 2. The predicted molar refractivity (Wildman–Crippen MR) is 105 cm³/mol. The van der Waals surface area contributed by atoms with E-state index in [1.54, 1.807) is 25.9 Å². The number of nitrogens with one attached hydrogen (secondary N) is 1. The fourth-order valence-electron chi connectivity index (χ4n) is 3.13. The summed E-state index contributed by atoms with van der Waals surface area (Å²) in [6.07, 6.45) is 0. The maximum Gasteiger partial charge on any atom is 0.253 e. The van der Waals surface area contributed by atoms with Crippen LogP contribution in [0.4, 0.5) is 18.9 Å². The number of carbonyl (C=O) groups is 1. The average Bonchev–Trinajstić information content (AvgIpc) is 2.62. The molecule has 1 amide bonds. The number of hydrogen-bond donors (Lipinski definition) is 1. The maximum atomic E-state index is 14.5. The number of allylic oxidation sites excluding steroid dienone is 1. The molecule has 1 heterocycles. The first-order valence-electron chi connectivity index (χ1n) is 8.44. The predicted octanol–water partition coefficient (Wildman–Crippen LogP) is 3.90. The van der Waals surface area contributed by atoms with Gasteiger partial charge in [0.2, 0.25) is 0 Å². The quantitative estimate of drug-likeness (QED) is 0.786. The Bertz CT molecular complexity index is 973. The molecule has 0 fully saturated rings. The largest absolute Gasteiger partial charge is 0.351 e.